The fourth-order valence-electron chi connectivity index (χ4n) is 6.38. The number of ketones is 1. The molecule has 3 aromatic carbocycles. The van der Waals surface area contributed by atoms with Gasteiger partial charge in [0.05, 0.1) is 17.0 Å². The van der Waals surface area contributed by atoms with E-state index in [2.05, 4.69) is 24.3 Å². The molecule has 2 N–H and O–H groups in total. The minimum atomic E-state index is -0.714. The minimum Gasteiger partial charge on any atom is -0.365 e. The maximum Gasteiger partial charge on any atom is 0.252 e. The van der Waals surface area contributed by atoms with Gasteiger partial charge in [0.2, 0.25) is 0 Å². The molecule has 0 unspecified atom stereocenters. The van der Waals surface area contributed by atoms with E-state index in [1.54, 1.807) is 12.1 Å². The quantitative estimate of drug-likeness (QED) is 0.356. The Morgan fingerprint density at radius 2 is 1.71 bits per heavy atom. The molecule has 38 heavy (non-hydrogen) atoms. The first-order chi connectivity index (χ1) is 18.3. The van der Waals surface area contributed by atoms with Crippen LogP contribution in [0.3, 0.4) is 0 Å². The molecule has 1 amide bonds. The third kappa shape index (κ3) is 3.71. The van der Waals surface area contributed by atoms with Gasteiger partial charge in [0, 0.05) is 22.6 Å². The predicted molar refractivity (Wildman–Crippen MR) is 145 cm³/mol. The van der Waals surface area contributed by atoms with Gasteiger partial charge < -0.3 is 5.73 Å². The lowest BCUT2D eigenvalue weighted by atomic mass is 9.58. The number of imidazole rings is 1. The average Bonchev–Trinajstić information content (AvgIpc) is 3.32. The Kier molecular flexibility index (Phi) is 5.64. The van der Waals surface area contributed by atoms with Crippen molar-refractivity contribution in [1.82, 2.24) is 9.55 Å². The molecule has 6 heteroatoms. The van der Waals surface area contributed by atoms with E-state index >= 15 is 0 Å². The SMILES string of the molecule is C[C@H]1C(=O)C(C(N)=O)=C[C@@]2(C)c3nc(-c4cccc(-c5ccccc5)c4)n(-c4cccc(F)c4)c3CC[C@H]12. The highest BCUT2D eigenvalue weighted by Gasteiger charge is 2.51. The van der Waals surface area contributed by atoms with Crippen LogP contribution in [-0.4, -0.2) is 21.2 Å². The lowest BCUT2D eigenvalue weighted by molar-refractivity contribution is -0.125. The molecule has 6 rings (SSSR count). The van der Waals surface area contributed by atoms with E-state index in [1.165, 1.54) is 12.1 Å². The minimum absolute atomic E-state index is 0.0232. The molecule has 190 valence electrons. The fourth-order valence-corrected chi connectivity index (χ4v) is 6.38. The van der Waals surface area contributed by atoms with Crippen LogP contribution in [0.4, 0.5) is 4.39 Å². The standard InChI is InChI=1S/C32H28FN3O2/c1-19-26-14-15-27-29(32(26,2)18-25(28(19)37)30(34)38)35-31(36(27)24-13-7-12-23(33)17-24)22-11-6-10-21(16-22)20-8-4-3-5-9-20/h3-13,16-19,26H,14-15H2,1-2H3,(H2,34,38)/t19-,26-,32-/m1/s1. The predicted octanol–water partition coefficient (Wildman–Crippen LogP) is 5.80. The lowest BCUT2D eigenvalue weighted by Gasteiger charge is -2.44. The molecular formula is C32H28FN3O2. The highest BCUT2D eigenvalue weighted by atomic mass is 19.1. The Balaban J connectivity index is 1.61. The summed E-state index contributed by atoms with van der Waals surface area (Å²) in [7, 11) is 0. The molecule has 4 aromatic rings. The van der Waals surface area contributed by atoms with Gasteiger partial charge in [0.25, 0.3) is 5.91 Å². The van der Waals surface area contributed by atoms with Crippen molar-refractivity contribution >= 4 is 11.7 Å². The van der Waals surface area contributed by atoms with E-state index in [4.69, 9.17) is 10.7 Å². The van der Waals surface area contributed by atoms with Crippen molar-refractivity contribution in [3.63, 3.8) is 0 Å². The van der Waals surface area contributed by atoms with Crippen LogP contribution in [0.1, 0.15) is 31.7 Å². The van der Waals surface area contributed by atoms with Crippen LogP contribution >= 0.6 is 0 Å². The number of allylic oxidation sites excluding steroid dienone is 1. The molecule has 0 saturated heterocycles. The van der Waals surface area contributed by atoms with Crippen LogP contribution in [0.15, 0.2) is 90.5 Å². The molecule has 2 aliphatic rings. The number of hydrogen-bond acceptors (Lipinski definition) is 3. The summed E-state index contributed by atoms with van der Waals surface area (Å²) in [5.41, 5.74) is 10.5. The van der Waals surface area contributed by atoms with Gasteiger partial charge in [-0.15, -0.1) is 0 Å². The number of nitrogens with zero attached hydrogens (tertiary/aromatic N) is 2. The molecular weight excluding hydrogens is 477 g/mol. The topological polar surface area (TPSA) is 78.0 Å². The van der Waals surface area contributed by atoms with Crippen molar-refractivity contribution < 1.29 is 14.0 Å². The third-order valence-corrected chi connectivity index (χ3v) is 8.23. The molecule has 1 aromatic heterocycles. The zero-order valence-electron chi connectivity index (χ0n) is 21.3. The number of hydrogen-bond donors (Lipinski definition) is 1. The number of aromatic nitrogens is 2. The second-order valence-corrected chi connectivity index (χ2v) is 10.5. The number of primary amides is 1. The van der Waals surface area contributed by atoms with Crippen molar-refractivity contribution in [1.29, 1.82) is 0 Å². The summed E-state index contributed by atoms with van der Waals surface area (Å²) in [6, 6.07) is 24.8. The van der Waals surface area contributed by atoms with Crippen LogP contribution in [0.5, 0.6) is 0 Å². The molecule has 2 aliphatic carbocycles. The number of benzene rings is 3. The Labute approximate surface area is 220 Å². The smallest absolute Gasteiger partial charge is 0.252 e. The number of rotatable bonds is 4. The van der Waals surface area contributed by atoms with Crippen molar-refractivity contribution in [2.45, 2.75) is 32.1 Å². The lowest BCUT2D eigenvalue weighted by Crippen LogP contribution is -2.47. The van der Waals surface area contributed by atoms with Gasteiger partial charge in [-0.05, 0) is 54.2 Å². The van der Waals surface area contributed by atoms with E-state index in [1.807, 2.05) is 54.8 Å². The Hall–Kier alpha value is -4.32. The van der Waals surface area contributed by atoms with Crippen molar-refractivity contribution in [3.05, 3.63) is 108 Å². The zero-order valence-corrected chi connectivity index (χ0v) is 21.3. The highest BCUT2D eigenvalue weighted by Crippen LogP contribution is 2.50. The van der Waals surface area contributed by atoms with Crippen molar-refractivity contribution in [2.75, 3.05) is 0 Å². The van der Waals surface area contributed by atoms with Gasteiger partial charge in [-0.1, -0.05) is 74.5 Å². The molecule has 3 atom stereocenters. The average molecular weight is 506 g/mol. The van der Waals surface area contributed by atoms with Gasteiger partial charge in [-0.2, -0.15) is 0 Å². The van der Waals surface area contributed by atoms with Crippen LogP contribution in [0.25, 0.3) is 28.2 Å². The van der Waals surface area contributed by atoms with Crippen LogP contribution in [0, 0.1) is 17.7 Å². The monoisotopic (exact) mass is 505 g/mol. The van der Waals surface area contributed by atoms with Crippen molar-refractivity contribution in [2.24, 2.45) is 17.6 Å². The Morgan fingerprint density at radius 1 is 1.00 bits per heavy atom. The maximum absolute atomic E-state index is 14.5. The Bertz CT molecular complexity index is 1620. The van der Waals surface area contributed by atoms with Crippen LogP contribution < -0.4 is 5.73 Å². The summed E-state index contributed by atoms with van der Waals surface area (Å²) < 4.78 is 16.5. The maximum atomic E-state index is 14.5. The summed E-state index contributed by atoms with van der Waals surface area (Å²) in [6.07, 6.45) is 3.14. The van der Waals surface area contributed by atoms with E-state index in [0.717, 1.165) is 34.5 Å². The molecule has 1 heterocycles. The number of halogens is 1. The highest BCUT2D eigenvalue weighted by molar-refractivity contribution is 6.20. The number of carbonyl (C=O) groups excluding carboxylic acids is 2. The number of fused-ring (bicyclic) bond motifs is 3. The summed E-state index contributed by atoms with van der Waals surface area (Å²) in [5, 5.41) is 0. The van der Waals surface area contributed by atoms with E-state index in [9.17, 15) is 14.0 Å². The first kappa shape index (κ1) is 24.0. The fraction of sp³-hybridized carbons (Fsp3) is 0.219. The molecule has 0 radical (unpaired) electrons. The third-order valence-electron chi connectivity index (χ3n) is 8.23. The summed E-state index contributed by atoms with van der Waals surface area (Å²) in [6.45, 7) is 3.91. The van der Waals surface area contributed by atoms with E-state index < -0.39 is 11.3 Å². The molecule has 5 nitrogen and oxygen atoms in total. The van der Waals surface area contributed by atoms with E-state index in [-0.39, 0.29) is 29.0 Å². The van der Waals surface area contributed by atoms with Gasteiger partial charge in [0.1, 0.15) is 11.6 Å². The molecule has 0 spiro atoms. The van der Waals surface area contributed by atoms with Gasteiger partial charge in [-0.3, -0.25) is 14.2 Å². The summed E-state index contributed by atoms with van der Waals surface area (Å²) in [4.78, 5) is 30.4. The van der Waals surface area contributed by atoms with Crippen molar-refractivity contribution in [3.8, 4) is 28.2 Å². The number of carbonyl (C=O) groups is 2. The van der Waals surface area contributed by atoms with Gasteiger partial charge in [0.15, 0.2) is 5.78 Å². The number of Topliss-reactive ketones (excluding diaryl/α,β-unsaturated/α-hetero) is 1. The second kappa shape index (κ2) is 8.91. The van der Waals surface area contributed by atoms with Crippen LogP contribution in [0.2, 0.25) is 0 Å². The first-order valence-corrected chi connectivity index (χ1v) is 12.9. The normalized spacial score (nSPS) is 22.4. The number of amides is 1. The largest absolute Gasteiger partial charge is 0.365 e. The summed E-state index contributed by atoms with van der Waals surface area (Å²) in [5.74, 6) is -0.937. The molecule has 0 bridgehead atoms. The number of nitrogens with two attached hydrogens (primary N) is 1. The zero-order chi connectivity index (χ0) is 26.6. The first-order valence-electron chi connectivity index (χ1n) is 12.9. The van der Waals surface area contributed by atoms with Gasteiger partial charge in [-0.25, -0.2) is 9.37 Å². The second-order valence-electron chi connectivity index (χ2n) is 10.5. The molecule has 0 fully saturated rings. The Morgan fingerprint density at radius 3 is 2.45 bits per heavy atom. The summed E-state index contributed by atoms with van der Waals surface area (Å²) >= 11 is 0. The van der Waals surface area contributed by atoms with E-state index in [0.29, 0.717) is 17.9 Å². The van der Waals surface area contributed by atoms with Gasteiger partial charge >= 0.3 is 0 Å². The molecule has 0 saturated carbocycles. The van der Waals surface area contributed by atoms with Crippen LogP contribution in [-0.2, 0) is 21.4 Å². The molecule has 0 aliphatic heterocycles.